The van der Waals surface area contributed by atoms with E-state index in [1.54, 1.807) is 11.3 Å². The van der Waals surface area contributed by atoms with E-state index in [1.165, 1.54) is 15.3 Å². The van der Waals surface area contributed by atoms with Crippen LogP contribution in [0.2, 0.25) is 0 Å². The summed E-state index contributed by atoms with van der Waals surface area (Å²) in [6.45, 7) is 4.22. The highest BCUT2D eigenvalue weighted by atomic mass is 32.1. The summed E-state index contributed by atoms with van der Waals surface area (Å²) in [5.41, 5.74) is 1.34. The third-order valence-electron chi connectivity index (χ3n) is 3.85. The number of rotatable bonds is 6. The number of carbonyl (C=O) groups is 2. The zero-order chi connectivity index (χ0) is 14.7. The van der Waals surface area contributed by atoms with Crippen molar-refractivity contribution < 1.29 is 14.7 Å². The van der Waals surface area contributed by atoms with Crippen LogP contribution in [-0.2, 0) is 16.0 Å². The third kappa shape index (κ3) is 3.82. The van der Waals surface area contributed by atoms with Gasteiger partial charge in [-0.3, -0.25) is 9.59 Å². The molecule has 1 heterocycles. The van der Waals surface area contributed by atoms with Gasteiger partial charge >= 0.3 is 5.97 Å². The Bertz CT molecular complexity index is 503. The number of carbonyl (C=O) groups excluding carboxylic acids is 1. The lowest BCUT2D eigenvalue weighted by molar-refractivity contribution is -0.146. The number of hydrogen-bond acceptors (Lipinski definition) is 3. The summed E-state index contributed by atoms with van der Waals surface area (Å²) in [5.74, 6) is -0.973. The first-order valence-corrected chi connectivity index (χ1v) is 7.85. The molecule has 0 saturated heterocycles. The zero-order valence-corrected chi connectivity index (χ0v) is 12.8. The van der Waals surface area contributed by atoms with Gasteiger partial charge in [0.15, 0.2) is 0 Å². The van der Waals surface area contributed by atoms with Crippen molar-refractivity contribution in [2.24, 2.45) is 5.92 Å². The summed E-state index contributed by atoms with van der Waals surface area (Å²) >= 11 is 1.80. The molecular weight excluding hydrogens is 274 g/mol. The smallest absolute Gasteiger partial charge is 0.306 e. The topological polar surface area (TPSA) is 66.4 Å². The average molecular weight is 295 g/mol. The minimum Gasteiger partial charge on any atom is -0.481 e. The number of aryl methyl sites for hydroxylation is 3. The van der Waals surface area contributed by atoms with Gasteiger partial charge in [-0.15, -0.1) is 11.3 Å². The summed E-state index contributed by atoms with van der Waals surface area (Å²) in [6, 6.07) is 2.26. The molecule has 0 unspecified atom stereocenters. The molecule has 1 aliphatic rings. The van der Waals surface area contributed by atoms with Gasteiger partial charge < -0.3 is 10.4 Å². The van der Waals surface area contributed by atoms with E-state index in [1.807, 2.05) is 0 Å². The maximum atomic E-state index is 11.7. The number of amides is 1. The molecule has 0 atom stereocenters. The molecule has 0 bridgehead atoms. The lowest BCUT2D eigenvalue weighted by Crippen LogP contribution is -2.46. The predicted octanol–water partition coefficient (Wildman–Crippen LogP) is 2.67. The number of aliphatic carboxylic acids is 1. The van der Waals surface area contributed by atoms with Crippen LogP contribution in [0.5, 0.6) is 0 Å². The minimum absolute atomic E-state index is 0.0449. The van der Waals surface area contributed by atoms with E-state index in [2.05, 4.69) is 25.2 Å². The van der Waals surface area contributed by atoms with Crippen molar-refractivity contribution in [1.29, 1.82) is 0 Å². The average Bonchev–Trinajstić information content (AvgIpc) is 2.61. The summed E-state index contributed by atoms with van der Waals surface area (Å²) in [7, 11) is 0. The van der Waals surface area contributed by atoms with E-state index in [0.717, 1.165) is 12.8 Å². The summed E-state index contributed by atoms with van der Waals surface area (Å²) in [5, 5.41) is 11.7. The quantitative estimate of drug-likeness (QED) is 0.848. The second-order valence-corrected chi connectivity index (χ2v) is 7.02. The van der Waals surface area contributed by atoms with E-state index >= 15 is 0 Å². The minimum atomic E-state index is -0.751. The maximum Gasteiger partial charge on any atom is 0.306 e. The van der Waals surface area contributed by atoms with Crippen LogP contribution in [0.25, 0.3) is 0 Å². The first-order chi connectivity index (χ1) is 9.45. The molecule has 4 nitrogen and oxygen atoms in total. The van der Waals surface area contributed by atoms with Crippen molar-refractivity contribution in [2.75, 3.05) is 0 Å². The van der Waals surface area contributed by atoms with Crippen molar-refractivity contribution in [1.82, 2.24) is 5.32 Å². The molecule has 2 rings (SSSR count). The predicted molar refractivity (Wildman–Crippen MR) is 79.0 cm³/mol. The monoisotopic (exact) mass is 295 g/mol. The molecule has 1 amide bonds. The molecule has 0 aliphatic heterocycles. The lowest BCUT2D eigenvalue weighted by atomic mass is 9.80. The van der Waals surface area contributed by atoms with Gasteiger partial charge in [0.25, 0.3) is 0 Å². The molecule has 1 saturated carbocycles. The Labute approximate surface area is 123 Å². The number of hydrogen-bond donors (Lipinski definition) is 2. The zero-order valence-electron chi connectivity index (χ0n) is 11.9. The van der Waals surface area contributed by atoms with Gasteiger partial charge in [-0.2, -0.15) is 0 Å². The van der Waals surface area contributed by atoms with E-state index in [4.69, 9.17) is 5.11 Å². The highest BCUT2D eigenvalue weighted by Gasteiger charge is 2.34. The van der Waals surface area contributed by atoms with Gasteiger partial charge in [0, 0.05) is 22.2 Å². The number of carboxylic acid groups (broad SMARTS) is 1. The molecule has 1 aromatic rings. The third-order valence-corrected chi connectivity index (χ3v) is 4.85. The Morgan fingerprint density at radius 1 is 1.40 bits per heavy atom. The Morgan fingerprint density at radius 2 is 2.10 bits per heavy atom. The molecule has 0 radical (unpaired) electrons. The van der Waals surface area contributed by atoms with Gasteiger partial charge in [-0.1, -0.05) is 0 Å². The Morgan fingerprint density at radius 3 is 2.65 bits per heavy atom. The number of thiophene rings is 1. The molecular formula is C15H21NO3S. The molecule has 20 heavy (non-hydrogen) atoms. The highest BCUT2D eigenvalue weighted by molar-refractivity contribution is 7.12. The highest BCUT2D eigenvalue weighted by Crippen LogP contribution is 2.27. The van der Waals surface area contributed by atoms with Crippen LogP contribution in [-0.4, -0.2) is 23.0 Å². The first-order valence-electron chi connectivity index (χ1n) is 7.03. The standard InChI is InChI=1S/C15H21NO3S/c1-9-6-11(10(2)20-9)4-3-5-14(17)16-13-7-12(8-13)15(18)19/h6,12-13H,3-5,7-8H2,1-2H3,(H,16,17)(H,18,19). The van der Waals surface area contributed by atoms with Crippen molar-refractivity contribution >= 4 is 23.2 Å². The van der Waals surface area contributed by atoms with Crippen LogP contribution in [0.15, 0.2) is 6.07 Å². The molecule has 1 fully saturated rings. The fraction of sp³-hybridized carbons (Fsp3) is 0.600. The molecule has 5 heteroatoms. The maximum absolute atomic E-state index is 11.7. The van der Waals surface area contributed by atoms with Gasteiger partial charge in [-0.25, -0.2) is 0 Å². The van der Waals surface area contributed by atoms with Crippen LogP contribution in [0.1, 0.15) is 41.0 Å². The number of carboxylic acids is 1. The lowest BCUT2D eigenvalue weighted by Gasteiger charge is -2.32. The normalized spacial score (nSPS) is 21.3. The molecule has 0 spiro atoms. The van der Waals surface area contributed by atoms with Gasteiger partial charge in [0.05, 0.1) is 5.92 Å². The van der Waals surface area contributed by atoms with E-state index < -0.39 is 5.97 Å². The van der Waals surface area contributed by atoms with Gasteiger partial charge in [0.2, 0.25) is 5.91 Å². The van der Waals surface area contributed by atoms with Crippen molar-refractivity contribution in [2.45, 2.75) is 52.0 Å². The number of nitrogens with one attached hydrogen (secondary N) is 1. The SMILES string of the molecule is Cc1cc(CCCC(=O)NC2CC(C(=O)O)C2)c(C)s1. The van der Waals surface area contributed by atoms with Crippen LogP contribution >= 0.6 is 11.3 Å². The Hall–Kier alpha value is -1.36. The summed E-state index contributed by atoms with van der Waals surface area (Å²) in [4.78, 5) is 25.1. The van der Waals surface area contributed by atoms with E-state index in [-0.39, 0.29) is 17.9 Å². The van der Waals surface area contributed by atoms with Crippen molar-refractivity contribution in [3.8, 4) is 0 Å². The Balaban J connectivity index is 1.64. The largest absolute Gasteiger partial charge is 0.481 e. The van der Waals surface area contributed by atoms with E-state index in [0.29, 0.717) is 19.3 Å². The molecule has 2 N–H and O–H groups in total. The molecule has 1 aliphatic carbocycles. The van der Waals surface area contributed by atoms with Crippen molar-refractivity contribution in [3.05, 3.63) is 21.4 Å². The van der Waals surface area contributed by atoms with Crippen molar-refractivity contribution in [3.63, 3.8) is 0 Å². The molecule has 0 aromatic carbocycles. The summed E-state index contributed by atoms with van der Waals surface area (Å²) in [6.07, 6.45) is 3.44. The van der Waals surface area contributed by atoms with Crippen LogP contribution in [0.4, 0.5) is 0 Å². The first kappa shape index (κ1) is 15.0. The molecule has 110 valence electrons. The second-order valence-electron chi connectivity index (χ2n) is 5.56. The van der Waals surface area contributed by atoms with Gasteiger partial charge in [-0.05, 0) is 51.2 Å². The van der Waals surface area contributed by atoms with Crippen LogP contribution in [0, 0.1) is 19.8 Å². The van der Waals surface area contributed by atoms with E-state index in [9.17, 15) is 9.59 Å². The van der Waals surface area contributed by atoms with Crippen LogP contribution < -0.4 is 5.32 Å². The van der Waals surface area contributed by atoms with Crippen LogP contribution in [0.3, 0.4) is 0 Å². The summed E-state index contributed by atoms with van der Waals surface area (Å²) < 4.78 is 0. The fourth-order valence-electron chi connectivity index (χ4n) is 2.61. The fourth-order valence-corrected chi connectivity index (χ4v) is 3.58. The molecule has 1 aromatic heterocycles. The van der Waals surface area contributed by atoms with Gasteiger partial charge in [0.1, 0.15) is 0 Å². The second kappa shape index (κ2) is 6.39. The Kier molecular flexibility index (Phi) is 4.81.